The van der Waals surface area contributed by atoms with E-state index in [4.69, 9.17) is 4.42 Å². The average molecular weight is 254 g/mol. The van der Waals surface area contributed by atoms with E-state index in [2.05, 4.69) is 4.74 Å². The predicted octanol–water partition coefficient (Wildman–Crippen LogP) is 2.08. The third-order valence-electron chi connectivity index (χ3n) is 2.53. The Labute approximate surface area is 106 Å². The number of unbranched alkanes of at least 4 members (excludes halogenated alkanes) is 1. The Morgan fingerprint density at radius 1 is 1.39 bits per heavy atom. The van der Waals surface area contributed by atoms with E-state index in [-0.39, 0.29) is 5.78 Å². The van der Waals surface area contributed by atoms with Crippen LogP contribution in [-0.2, 0) is 16.0 Å². The Hall–Kier alpha value is -1.62. The molecule has 0 aliphatic heterocycles. The van der Waals surface area contributed by atoms with Gasteiger partial charge in [0.15, 0.2) is 5.78 Å². The van der Waals surface area contributed by atoms with Crippen molar-refractivity contribution in [2.45, 2.75) is 45.8 Å². The van der Waals surface area contributed by atoms with Gasteiger partial charge in [0, 0.05) is 19.8 Å². The molecule has 0 aromatic carbocycles. The van der Waals surface area contributed by atoms with Crippen molar-refractivity contribution in [3.63, 3.8) is 0 Å². The van der Waals surface area contributed by atoms with Crippen molar-refractivity contribution in [3.05, 3.63) is 23.7 Å². The van der Waals surface area contributed by atoms with E-state index in [1.807, 2.05) is 0 Å². The molecule has 1 unspecified atom stereocenters. The maximum absolute atomic E-state index is 11.2. The normalized spacial score (nSPS) is 12.2. The van der Waals surface area contributed by atoms with Crippen molar-refractivity contribution in [1.29, 1.82) is 0 Å². The van der Waals surface area contributed by atoms with Gasteiger partial charge < -0.3 is 14.3 Å². The van der Waals surface area contributed by atoms with Crippen LogP contribution in [0, 0.1) is 0 Å². The summed E-state index contributed by atoms with van der Waals surface area (Å²) in [5.74, 6) is 0.163. The molecule has 5 heteroatoms. The number of Topliss-reactive ketones (excluding diaryl/α,β-unsaturated/α-hetero) is 1. The summed E-state index contributed by atoms with van der Waals surface area (Å²) in [7, 11) is 0. The summed E-state index contributed by atoms with van der Waals surface area (Å²) < 4.78 is 9.82. The van der Waals surface area contributed by atoms with Gasteiger partial charge in [-0.15, -0.1) is 0 Å². The largest absolute Gasteiger partial charge is 0.469 e. The number of hydrogen-bond donors (Lipinski definition) is 1. The Bertz CT molecular complexity index is 407. The lowest BCUT2D eigenvalue weighted by atomic mass is 10.1. The fraction of sp³-hybridized carbons (Fsp3) is 0.538. The van der Waals surface area contributed by atoms with Crippen LogP contribution in [0.5, 0.6) is 0 Å². The van der Waals surface area contributed by atoms with Crippen LogP contribution in [0.15, 0.2) is 16.7 Å². The summed E-state index contributed by atoms with van der Waals surface area (Å²) in [6.07, 6.45) is 2.91. The van der Waals surface area contributed by atoms with Crippen LogP contribution in [0.2, 0.25) is 0 Å². The molecule has 1 heterocycles. The third-order valence-corrected chi connectivity index (χ3v) is 2.53. The molecule has 0 radical (unpaired) electrons. The van der Waals surface area contributed by atoms with Crippen molar-refractivity contribution in [3.8, 4) is 0 Å². The smallest absolute Gasteiger partial charge is 0.304 e. The molecule has 0 aliphatic carbocycles. The number of aliphatic hydroxyl groups excluding tert-OH is 1. The number of aliphatic hydroxyl groups is 1. The van der Waals surface area contributed by atoms with Crippen molar-refractivity contribution in [2.75, 3.05) is 0 Å². The van der Waals surface area contributed by atoms with Crippen LogP contribution < -0.4 is 0 Å². The molecule has 1 N–H and O–H groups in total. The minimum Gasteiger partial charge on any atom is -0.469 e. The standard InChI is InChI=1S/C13H18O5/c1-9(14)11-7-8-17-12(11)5-3-4-6-13(16)18-10(2)15/h7-8,13,16H,3-6H2,1-2H3. The van der Waals surface area contributed by atoms with E-state index < -0.39 is 12.3 Å². The Morgan fingerprint density at radius 2 is 2.11 bits per heavy atom. The number of aryl methyl sites for hydroxylation is 1. The van der Waals surface area contributed by atoms with E-state index in [9.17, 15) is 14.7 Å². The van der Waals surface area contributed by atoms with Gasteiger partial charge in [-0.2, -0.15) is 0 Å². The van der Waals surface area contributed by atoms with Gasteiger partial charge >= 0.3 is 5.97 Å². The summed E-state index contributed by atoms with van der Waals surface area (Å²) in [5, 5.41) is 9.30. The van der Waals surface area contributed by atoms with Gasteiger partial charge in [-0.25, -0.2) is 0 Å². The quantitative estimate of drug-likeness (QED) is 0.349. The van der Waals surface area contributed by atoms with Crippen molar-refractivity contribution in [2.24, 2.45) is 0 Å². The highest BCUT2D eigenvalue weighted by Gasteiger charge is 2.11. The summed E-state index contributed by atoms with van der Waals surface area (Å²) in [5.41, 5.74) is 0.607. The van der Waals surface area contributed by atoms with Gasteiger partial charge in [-0.05, 0) is 25.8 Å². The number of carbonyl (C=O) groups excluding carboxylic acids is 2. The van der Waals surface area contributed by atoms with E-state index in [1.165, 1.54) is 20.1 Å². The Kier molecular flexibility index (Phi) is 5.58. The number of ketones is 1. The molecule has 5 nitrogen and oxygen atoms in total. The Morgan fingerprint density at radius 3 is 2.72 bits per heavy atom. The molecular formula is C13H18O5. The molecule has 0 amide bonds. The van der Waals surface area contributed by atoms with Gasteiger partial charge in [0.05, 0.1) is 11.8 Å². The molecule has 1 aromatic heterocycles. The number of esters is 1. The lowest BCUT2D eigenvalue weighted by molar-refractivity contribution is -0.165. The van der Waals surface area contributed by atoms with Gasteiger partial charge in [-0.3, -0.25) is 9.59 Å². The molecule has 1 atom stereocenters. The first-order valence-corrected chi connectivity index (χ1v) is 5.93. The van der Waals surface area contributed by atoms with E-state index >= 15 is 0 Å². The monoisotopic (exact) mass is 254 g/mol. The first-order valence-electron chi connectivity index (χ1n) is 5.93. The summed E-state index contributed by atoms with van der Waals surface area (Å²) in [6.45, 7) is 2.75. The number of carbonyl (C=O) groups is 2. The highest BCUT2D eigenvalue weighted by molar-refractivity contribution is 5.94. The van der Waals surface area contributed by atoms with Crippen LogP contribution >= 0.6 is 0 Å². The fourth-order valence-corrected chi connectivity index (χ4v) is 1.70. The highest BCUT2D eigenvalue weighted by atomic mass is 16.6. The Balaban J connectivity index is 2.27. The van der Waals surface area contributed by atoms with E-state index in [0.29, 0.717) is 30.6 Å². The third kappa shape index (κ3) is 4.71. The molecule has 1 rings (SSSR count). The molecule has 100 valence electrons. The average Bonchev–Trinajstić information content (AvgIpc) is 2.71. The zero-order valence-electron chi connectivity index (χ0n) is 10.6. The van der Waals surface area contributed by atoms with Gasteiger partial charge in [-0.1, -0.05) is 0 Å². The van der Waals surface area contributed by atoms with E-state index in [1.54, 1.807) is 6.07 Å². The van der Waals surface area contributed by atoms with Crippen LogP contribution in [0.25, 0.3) is 0 Å². The van der Waals surface area contributed by atoms with Crippen molar-refractivity contribution in [1.82, 2.24) is 0 Å². The molecule has 0 bridgehead atoms. The van der Waals surface area contributed by atoms with Gasteiger partial charge in [0.25, 0.3) is 0 Å². The summed E-state index contributed by atoms with van der Waals surface area (Å²) >= 11 is 0. The first kappa shape index (κ1) is 14.4. The minimum atomic E-state index is -1.05. The number of furan rings is 1. The SMILES string of the molecule is CC(=O)OC(O)CCCCc1occc1C(C)=O. The molecule has 1 aromatic rings. The van der Waals surface area contributed by atoms with Crippen LogP contribution in [-0.4, -0.2) is 23.1 Å². The minimum absolute atomic E-state index is 0.0151. The molecule has 0 aliphatic rings. The maximum atomic E-state index is 11.2. The second kappa shape index (κ2) is 6.96. The second-order valence-corrected chi connectivity index (χ2v) is 4.12. The zero-order valence-corrected chi connectivity index (χ0v) is 10.6. The maximum Gasteiger partial charge on any atom is 0.304 e. The van der Waals surface area contributed by atoms with Gasteiger partial charge in [0.2, 0.25) is 6.29 Å². The lowest BCUT2D eigenvalue weighted by Gasteiger charge is -2.09. The second-order valence-electron chi connectivity index (χ2n) is 4.12. The van der Waals surface area contributed by atoms with Crippen LogP contribution in [0.1, 0.15) is 49.2 Å². The predicted molar refractivity (Wildman–Crippen MR) is 64.0 cm³/mol. The number of ether oxygens (including phenoxy) is 1. The topological polar surface area (TPSA) is 76.7 Å². The summed E-state index contributed by atoms with van der Waals surface area (Å²) in [6, 6.07) is 1.66. The van der Waals surface area contributed by atoms with Crippen LogP contribution in [0.4, 0.5) is 0 Å². The molecule has 0 saturated carbocycles. The van der Waals surface area contributed by atoms with Crippen LogP contribution in [0.3, 0.4) is 0 Å². The number of hydrogen-bond acceptors (Lipinski definition) is 5. The highest BCUT2D eigenvalue weighted by Crippen LogP contribution is 2.15. The fourth-order valence-electron chi connectivity index (χ4n) is 1.70. The van der Waals surface area contributed by atoms with Crippen molar-refractivity contribution >= 4 is 11.8 Å². The molecule has 0 saturated heterocycles. The van der Waals surface area contributed by atoms with E-state index in [0.717, 1.165) is 6.42 Å². The van der Waals surface area contributed by atoms with Crippen molar-refractivity contribution < 1.29 is 23.8 Å². The summed E-state index contributed by atoms with van der Waals surface area (Å²) in [4.78, 5) is 21.8. The molecule has 0 spiro atoms. The first-order chi connectivity index (χ1) is 8.50. The molecule has 18 heavy (non-hydrogen) atoms. The van der Waals surface area contributed by atoms with Gasteiger partial charge in [0.1, 0.15) is 5.76 Å². The molecular weight excluding hydrogens is 236 g/mol. The zero-order chi connectivity index (χ0) is 13.5. The lowest BCUT2D eigenvalue weighted by Crippen LogP contribution is -2.15. The molecule has 0 fully saturated rings. The number of rotatable bonds is 7.